The molecular formula is C14H26N2O3. The van der Waals surface area contributed by atoms with Gasteiger partial charge in [0, 0.05) is 25.6 Å². The molecule has 0 radical (unpaired) electrons. The Morgan fingerprint density at radius 3 is 2.47 bits per heavy atom. The van der Waals surface area contributed by atoms with E-state index in [1.807, 2.05) is 32.8 Å². The zero-order valence-electron chi connectivity index (χ0n) is 12.5. The van der Waals surface area contributed by atoms with E-state index in [0.717, 1.165) is 25.9 Å². The largest absolute Gasteiger partial charge is 0.481 e. The van der Waals surface area contributed by atoms with Gasteiger partial charge in [-0.15, -0.1) is 0 Å². The van der Waals surface area contributed by atoms with Crippen LogP contribution in [0.1, 0.15) is 39.5 Å². The summed E-state index contributed by atoms with van der Waals surface area (Å²) >= 11 is 0. The van der Waals surface area contributed by atoms with Gasteiger partial charge in [-0.05, 0) is 32.4 Å². The molecule has 0 aliphatic carbocycles. The van der Waals surface area contributed by atoms with Crippen molar-refractivity contribution in [1.82, 2.24) is 9.80 Å². The molecule has 1 atom stereocenters. The molecule has 110 valence electrons. The van der Waals surface area contributed by atoms with Crippen molar-refractivity contribution in [1.29, 1.82) is 0 Å². The molecule has 5 nitrogen and oxygen atoms in total. The molecule has 1 aliphatic rings. The van der Waals surface area contributed by atoms with Crippen LogP contribution in [0, 0.1) is 5.41 Å². The number of likely N-dealkylation sites (tertiary alicyclic amines) is 1. The first-order valence-corrected chi connectivity index (χ1v) is 6.87. The van der Waals surface area contributed by atoms with Crippen molar-refractivity contribution in [2.75, 3.05) is 27.2 Å². The monoisotopic (exact) mass is 270 g/mol. The second-order valence-corrected chi connectivity index (χ2v) is 6.51. The van der Waals surface area contributed by atoms with Gasteiger partial charge in [-0.1, -0.05) is 13.8 Å². The maximum absolute atomic E-state index is 12.3. The maximum Gasteiger partial charge on any atom is 0.303 e. The number of likely N-dealkylation sites (N-methyl/N-ethyl adjacent to an activating group) is 1. The standard InChI is InChI=1S/C14H26N2O3/c1-14(2,9-13(18)19)8-12(17)16-7-5-6-11(10-16)15(3)4/h11H,5-10H2,1-4H3,(H,18,19). The maximum atomic E-state index is 12.3. The van der Waals surface area contributed by atoms with Gasteiger partial charge in [-0.2, -0.15) is 0 Å². The third kappa shape index (κ3) is 5.19. The number of amides is 1. The lowest BCUT2D eigenvalue weighted by atomic mass is 9.85. The fraction of sp³-hybridized carbons (Fsp3) is 0.857. The molecule has 1 amide bonds. The molecule has 1 fully saturated rings. The van der Waals surface area contributed by atoms with Crippen LogP contribution in [0.2, 0.25) is 0 Å². The molecule has 1 N–H and O–H groups in total. The summed E-state index contributed by atoms with van der Waals surface area (Å²) in [6.45, 7) is 5.24. The zero-order chi connectivity index (χ0) is 14.6. The van der Waals surface area contributed by atoms with Crippen LogP contribution in [-0.4, -0.2) is 60.0 Å². The lowest BCUT2D eigenvalue weighted by Gasteiger charge is -2.37. The summed E-state index contributed by atoms with van der Waals surface area (Å²) in [5.41, 5.74) is -0.478. The SMILES string of the molecule is CN(C)C1CCCN(C(=O)CC(C)(C)CC(=O)O)C1. The fourth-order valence-electron chi connectivity index (χ4n) is 2.60. The Bertz CT molecular complexity index is 340. The minimum absolute atomic E-state index is 0.0314. The minimum Gasteiger partial charge on any atom is -0.481 e. The normalized spacial score (nSPS) is 20.7. The lowest BCUT2D eigenvalue weighted by Crippen LogP contribution is -2.48. The Balaban J connectivity index is 2.55. The number of carbonyl (C=O) groups excluding carboxylic acids is 1. The van der Waals surface area contributed by atoms with Crippen molar-refractivity contribution in [3.05, 3.63) is 0 Å². The third-order valence-electron chi connectivity index (χ3n) is 3.74. The Morgan fingerprint density at radius 2 is 1.95 bits per heavy atom. The second-order valence-electron chi connectivity index (χ2n) is 6.51. The summed E-state index contributed by atoms with van der Waals surface area (Å²) < 4.78 is 0. The van der Waals surface area contributed by atoms with E-state index in [2.05, 4.69) is 4.90 Å². The van der Waals surface area contributed by atoms with E-state index < -0.39 is 11.4 Å². The average Bonchev–Trinajstić information content (AvgIpc) is 2.26. The molecule has 1 saturated heterocycles. The summed E-state index contributed by atoms with van der Waals surface area (Å²) in [5, 5.41) is 8.86. The van der Waals surface area contributed by atoms with Gasteiger partial charge >= 0.3 is 5.97 Å². The fourth-order valence-corrected chi connectivity index (χ4v) is 2.60. The van der Waals surface area contributed by atoms with Crippen LogP contribution in [0.25, 0.3) is 0 Å². The molecule has 5 heteroatoms. The van der Waals surface area contributed by atoms with Gasteiger partial charge < -0.3 is 14.9 Å². The number of aliphatic carboxylic acids is 1. The molecule has 0 aromatic rings. The summed E-state index contributed by atoms with van der Waals surface area (Å²) in [4.78, 5) is 27.1. The molecule has 0 saturated carbocycles. The number of nitrogens with zero attached hydrogens (tertiary/aromatic N) is 2. The van der Waals surface area contributed by atoms with Crippen molar-refractivity contribution in [2.24, 2.45) is 5.41 Å². The van der Waals surface area contributed by atoms with E-state index in [4.69, 9.17) is 5.11 Å². The molecule has 1 heterocycles. The summed E-state index contributed by atoms with van der Waals surface area (Å²) in [5.74, 6) is -0.764. The molecule has 19 heavy (non-hydrogen) atoms. The van der Waals surface area contributed by atoms with Crippen LogP contribution in [0.5, 0.6) is 0 Å². The van der Waals surface area contributed by atoms with E-state index in [0.29, 0.717) is 12.5 Å². The van der Waals surface area contributed by atoms with Crippen LogP contribution < -0.4 is 0 Å². The van der Waals surface area contributed by atoms with Crippen molar-refractivity contribution >= 4 is 11.9 Å². The Kier molecular flexibility index (Phi) is 5.35. The first-order chi connectivity index (χ1) is 8.71. The highest BCUT2D eigenvalue weighted by atomic mass is 16.4. The van der Waals surface area contributed by atoms with E-state index in [9.17, 15) is 9.59 Å². The number of carboxylic acid groups (broad SMARTS) is 1. The highest BCUT2D eigenvalue weighted by Crippen LogP contribution is 2.27. The number of piperidine rings is 1. The number of hydrogen-bond acceptors (Lipinski definition) is 3. The number of carboxylic acids is 1. The predicted molar refractivity (Wildman–Crippen MR) is 73.9 cm³/mol. The van der Waals surface area contributed by atoms with Crippen LogP contribution in [0.15, 0.2) is 0 Å². The van der Waals surface area contributed by atoms with Crippen LogP contribution in [0.3, 0.4) is 0 Å². The highest BCUT2D eigenvalue weighted by Gasteiger charge is 2.30. The highest BCUT2D eigenvalue weighted by molar-refractivity contribution is 5.78. The van der Waals surface area contributed by atoms with Gasteiger partial charge in [0.25, 0.3) is 0 Å². The molecule has 1 rings (SSSR count). The first-order valence-electron chi connectivity index (χ1n) is 6.87. The van der Waals surface area contributed by atoms with Gasteiger partial charge in [-0.3, -0.25) is 9.59 Å². The number of carbonyl (C=O) groups is 2. The Labute approximate surface area is 115 Å². The molecule has 0 aromatic carbocycles. The molecular weight excluding hydrogens is 244 g/mol. The Hall–Kier alpha value is -1.10. The van der Waals surface area contributed by atoms with Crippen molar-refractivity contribution < 1.29 is 14.7 Å². The Morgan fingerprint density at radius 1 is 1.32 bits per heavy atom. The van der Waals surface area contributed by atoms with Gasteiger partial charge in [-0.25, -0.2) is 0 Å². The molecule has 1 aliphatic heterocycles. The summed E-state index contributed by atoms with van der Waals surface area (Å²) in [6.07, 6.45) is 2.48. The van der Waals surface area contributed by atoms with Gasteiger partial charge in [0.15, 0.2) is 0 Å². The minimum atomic E-state index is -0.845. The van der Waals surface area contributed by atoms with Crippen molar-refractivity contribution in [3.8, 4) is 0 Å². The summed E-state index contributed by atoms with van der Waals surface area (Å²) in [7, 11) is 4.07. The topological polar surface area (TPSA) is 60.9 Å². The molecule has 1 unspecified atom stereocenters. The van der Waals surface area contributed by atoms with Crippen LogP contribution in [-0.2, 0) is 9.59 Å². The lowest BCUT2D eigenvalue weighted by molar-refractivity contribution is -0.141. The third-order valence-corrected chi connectivity index (χ3v) is 3.74. The first kappa shape index (κ1) is 16.0. The van der Waals surface area contributed by atoms with Crippen LogP contribution in [0.4, 0.5) is 0 Å². The number of hydrogen-bond donors (Lipinski definition) is 1. The number of rotatable bonds is 5. The van der Waals surface area contributed by atoms with E-state index >= 15 is 0 Å². The zero-order valence-corrected chi connectivity index (χ0v) is 12.5. The van der Waals surface area contributed by atoms with Gasteiger partial charge in [0.2, 0.25) is 5.91 Å². The average molecular weight is 270 g/mol. The quantitative estimate of drug-likeness (QED) is 0.821. The van der Waals surface area contributed by atoms with E-state index in [1.54, 1.807) is 0 Å². The van der Waals surface area contributed by atoms with E-state index in [-0.39, 0.29) is 12.3 Å². The molecule has 0 spiro atoms. The van der Waals surface area contributed by atoms with Crippen molar-refractivity contribution in [3.63, 3.8) is 0 Å². The van der Waals surface area contributed by atoms with Crippen molar-refractivity contribution in [2.45, 2.75) is 45.6 Å². The smallest absolute Gasteiger partial charge is 0.303 e. The van der Waals surface area contributed by atoms with Gasteiger partial charge in [0.1, 0.15) is 0 Å². The van der Waals surface area contributed by atoms with E-state index in [1.165, 1.54) is 0 Å². The predicted octanol–water partition coefficient (Wildman–Crippen LogP) is 1.43. The van der Waals surface area contributed by atoms with Gasteiger partial charge in [0.05, 0.1) is 6.42 Å². The summed E-state index contributed by atoms with van der Waals surface area (Å²) in [6, 6.07) is 0.417. The second kappa shape index (κ2) is 6.37. The molecule has 0 bridgehead atoms. The molecule has 0 aromatic heterocycles. The van der Waals surface area contributed by atoms with Crippen LogP contribution >= 0.6 is 0 Å².